The van der Waals surface area contributed by atoms with Gasteiger partial charge in [-0.05, 0) is 38.2 Å². The number of carbonyl (C=O) groups excluding carboxylic acids is 1. The number of nitrogens with one attached hydrogen (secondary N) is 2. The summed E-state index contributed by atoms with van der Waals surface area (Å²) in [6.45, 7) is 1.27. The van der Waals surface area contributed by atoms with Crippen LogP contribution in [-0.4, -0.2) is 37.5 Å². The molecular formula is C18H26N6O. The largest absolute Gasteiger partial charge is 0.332 e. The smallest absolute Gasteiger partial charge is 0.318 e. The van der Waals surface area contributed by atoms with Gasteiger partial charge in [0.15, 0.2) is 0 Å². The third-order valence-corrected chi connectivity index (χ3v) is 5.45. The summed E-state index contributed by atoms with van der Waals surface area (Å²) in [6.07, 6.45) is 14.0. The van der Waals surface area contributed by atoms with Crippen molar-refractivity contribution in [3.8, 4) is 0 Å². The van der Waals surface area contributed by atoms with Gasteiger partial charge >= 0.3 is 6.03 Å². The molecule has 0 unspecified atom stereocenters. The van der Waals surface area contributed by atoms with Crippen LogP contribution in [-0.2, 0) is 6.54 Å². The summed E-state index contributed by atoms with van der Waals surface area (Å²) in [5.41, 5.74) is 2.01. The second-order valence-corrected chi connectivity index (χ2v) is 7.12. The normalized spacial score (nSPS) is 21.6. The molecule has 3 heterocycles. The zero-order valence-corrected chi connectivity index (χ0v) is 14.5. The maximum atomic E-state index is 12.7. The zero-order chi connectivity index (χ0) is 17.1. The number of aromatic nitrogens is 4. The molecule has 134 valence electrons. The molecule has 1 aliphatic carbocycles. The number of likely N-dealkylation sites (tertiary alicyclic amines) is 1. The lowest BCUT2D eigenvalue weighted by Crippen LogP contribution is -2.44. The highest BCUT2D eigenvalue weighted by molar-refractivity contribution is 5.74. The van der Waals surface area contributed by atoms with Crippen molar-refractivity contribution in [2.45, 2.75) is 63.6 Å². The van der Waals surface area contributed by atoms with Gasteiger partial charge in [-0.25, -0.2) is 4.79 Å². The molecule has 2 amide bonds. The number of rotatable bonds is 4. The van der Waals surface area contributed by atoms with E-state index in [1.165, 1.54) is 25.7 Å². The minimum atomic E-state index is -0.0127. The first-order valence-corrected chi connectivity index (χ1v) is 9.38. The molecule has 7 heteroatoms. The van der Waals surface area contributed by atoms with Crippen molar-refractivity contribution >= 4 is 6.03 Å². The number of urea groups is 1. The molecule has 7 nitrogen and oxygen atoms in total. The Labute approximate surface area is 147 Å². The van der Waals surface area contributed by atoms with E-state index in [2.05, 4.69) is 25.3 Å². The Morgan fingerprint density at radius 3 is 2.88 bits per heavy atom. The van der Waals surface area contributed by atoms with Gasteiger partial charge in [0.05, 0.1) is 30.5 Å². The summed E-state index contributed by atoms with van der Waals surface area (Å²) in [4.78, 5) is 14.6. The Balaban J connectivity index is 1.36. The highest BCUT2D eigenvalue weighted by Gasteiger charge is 2.28. The number of aromatic amines is 1. The van der Waals surface area contributed by atoms with Crippen molar-refractivity contribution in [1.29, 1.82) is 0 Å². The Bertz CT molecular complexity index is 688. The molecule has 2 fully saturated rings. The molecule has 0 radical (unpaired) electrons. The molecule has 2 aromatic rings. The molecule has 2 N–H and O–H groups in total. The Kier molecular flexibility index (Phi) is 4.72. The van der Waals surface area contributed by atoms with Crippen molar-refractivity contribution < 1.29 is 4.79 Å². The topological polar surface area (TPSA) is 78.8 Å². The number of hydrogen-bond donors (Lipinski definition) is 2. The summed E-state index contributed by atoms with van der Waals surface area (Å²) < 4.78 is 2.07. The van der Waals surface area contributed by atoms with E-state index in [9.17, 15) is 4.79 Å². The number of nitrogens with zero attached hydrogens (tertiary/aromatic N) is 4. The van der Waals surface area contributed by atoms with Crippen molar-refractivity contribution in [3.05, 3.63) is 35.9 Å². The van der Waals surface area contributed by atoms with E-state index in [0.717, 1.165) is 37.1 Å². The van der Waals surface area contributed by atoms with Gasteiger partial charge in [0.2, 0.25) is 0 Å². The minimum absolute atomic E-state index is 0.0127. The first-order chi connectivity index (χ1) is 12.3. The van der Waals surface area contributed by atoms with Gasteiger partial charge in [0, 0.05) is 24.5 Å². The van der Waals surface area contributed by atoms with Crippen LogP contribution in [0.15, 0.2) is 24.7 Å². The quantitative estimate of drug-likeness (QED) is 0.896. The number of H-pyrrole nitrogens is 1. The van der Waals surface area contributed by atoms with E-state index in [1.54, 1.807) is 0 Å². The zero-order valence-electron chi connectivity index (χ0n) is 14.5. The number of carbonyl (C=O) groups is 1. The average Bonchev–Trinajstić information content (AvgIpc) is 3.41. The fourth-order valence-electron chi connectivity index (χ4n) is 4.08. The minimum Gasteiger partial charge on any atom is -0.332 e. The molecule has 25 heavy (non-hydrogen) atoms. The van der Waals surface area contributed by atoms with Crippen LogP contribution >= 0.6 is 0 Å². The van der Waals surface area contributed by atoms with Gasteiger partial charge in [-0.3, -0.25) is 9.78 Å². The Morgan fingerprint density at radius 1 is 1.24 bits per heavy atom. The lowest BCUT2D eigenvalue weighted by molar-refractivity contribution is 0.151. The van der Waals surface area contributed by atoms with Crippen molar-refractivity contribution in [3.63, 3.8) is 0 Å². The van der Waals surface area contributed by atoms with Gasteiger partial charge < -0.3 is 10.2 Å². The van der Waals surface area contributed by atoms with Crippen molar-refractivity contribution in [2.24, 2.45) is 0 Å². The summed E-state index contributed by atoms with van der Waals surface area (Å²) in [7, 11) is 0. The van der Waals surface area contributed by atoms with E-state index in [4.69, 9.17) is 0 Å². The number of hydrogen-bond acceptors (Lipinski definition) is 3. The molecule has 1 saturated carbocycles. The summed E-state index contributed by atoms with van der Waals surface area (Å²) in [5.74, 6) is 0. The van der Waals surface area contributed by atoms with Crippen LogP contribution < -0.4 is 5.32 Å². The monoisotopic (exact) mass is 342 g/mol. The summed E-state index contributed by atoms with van der Waals surface area (Å²) in [5, 5.41) is 14.6. The third-order valence-electron chi connectivity index (χ3n) is 5.45. The van der Waals surface area contributed by atoms with Crippen LogP contribution in [0.4, 0.5) is 4.79 Å². The molecule has 0 bridgehead atoms. The molecule has 2 aliphatic rings. The number of piperidine rings is 1. The van der Waals surface area contributed by atoms with Gasteiger partial charge in [-0.15, -0.1) is 0 Å². The maximum Gasteiger partial charge on any atom is 0.318 e. The summed E-state index contributed by atoms with van der Waals surface area (Å²) >= 11 is 0. The highest BCUT2D eigenvalue weighted by Crippen LogP contribution is 2.30. The predicted molar refractivity (Wildman–Crippen MR) is 93.9 cm³/mol. The van der Waals surface area contributed by atoms with E-state index in [0.29, 0.717) is 12.6 Å². The fourth-order valence-corrected chi connectivity index (χ4v) is 4.08. The van der Waals surface area contributed by atoms with Gasteiger partial charge in [-0.1, -0.05) is 12.8 Å². The van der Waals surface area contributed by atoms with E-state index >= 15 is 0 Å². The van der Waals surface area contributed by atoms with Crippen LogP contribution in [0, 0.1) is 0 Å². The van der Waals surface area contributed by atoms with Gasteiger partial charge in [-0.2, -0.15) is 10.2 Å². The molecule has 2 aromatic heterocycles. The summed E-state index contributed by atoms with van der Waals surface area (Å²) in [6, 6.07) is 2.66. The predicted octanol–water partition coefficient (Wildman–Crippen LogP) is 3.16. The number of amides is 2. The van der Waals surface area contributed by atoms with Crippen LogP contribution in [0.3, 0.4) is 0 Å². The van der Waals surface area contributed by atoms with Gasteiger partial charge in [0.25, 0.3) is 0 Å². The average molecular weight is 342 g/mol. The van der Waals surface area contributed by atoms with Crippen molar-refractivity contribution in [1.82, 2.24) is 30.2 Å². The molecule has 4 rings (SSSR count). The van der Waals surface area contributed by atoms with Crippen LogP contribution in [0.1, 0.15) is 68.3 Å². The lowest BCUT2D eigenvalue weighted by atomic mass is 9.98. The van der Waals surface area contributed by atoms with E-state index < -0.39 is 0 Å². The molecule has 1 aliphatic heterocycles. The van der Waals surface area contributed by atoms with E-state index in [-0.39, 0.29) is 12.1 Å². The highest BCUT2D eigenvalue weighted by atomic mass is 16.2. The molecule has 1 atom stereocenters. The van der Waals surface area contributed by atoms with Gasteiger partial charge in [0.1, 0.15) is 0 Å². The molecular weight excluding hydrogens is 316 g/mol. The lowest BCUT2D eigenvalue weighted by Gasteiger charge is -2.35. The van der Waals surface area contributed by atoms with E-state index in [1.807, 2.05) is 29.6 Å². The van der Waals surface area contributed by atoms with Crippen LogP contribution in [0.5, 0.6) is 0 Å². The second-order valence-electron chi connectivity index (χ2n) is 7.12. The van der Waals surface area contributed by atoms with Crippen LogP contribution in [0.2, 0.25) is 0 Å². The molecule has 1 saturated heterocycles. The van der Waals surface area contributed by atoms with Crippen molar-refractivity contribution in [2.75, 3.05) is 6.54 Å². The standard InChI is InChI=1S/C18H26N6O/c25-18(23-9-4-3-7-17(23)14-11-20-21-12-14)19-13-15-8-10-24(22-15)16-5-1-2-6-16/h8,10-12,16-17H,1-7,9,13H2,(H,19,25)(H,20,21)/t17-/m0/s1. The SMILES string of the molecule is O=C(NCc1ccn(C2CCCC2)n1)N1CCCC[C@H]1c1cn[nH]c1. The maximum absolute atomic E-state index is 12.7. The first-order valence-electron chi connectivity index (χ1n) is 9.38. The molecule has 0 spiro atoms. The Morgan fingerprint density at radius 2 is 2.08 bits per heavy atom. The molecule has 0 aromatic carbocycles. The first kappa shape index (κ1) is 16.2. The fraction of sp³-hybridized carbons (Fsp3) is 0.611. The van der Waals surface area contributed by atoms with Crippen LogP contribution in [0.25, 0.3) is 0 Å². The third kappa shape index (κ3) is 3.55. The Hall–Kier alpha value is -2.31. The second kappa shape index (κ2) is 7.29.